The number of hydrogen-bond donors (Lipinski definition) is 0. The third kappa shape index (κ3) is 1.85. The quantitative estimate of drug-likeness (QED) is 0.667. The van der Waals surface area contributed by atoms with Gasteiger partial charge in [0.1, 0.15) is 0 Å². The van der Waals surface area contributed by atoms with E-state index in [2.05, 4.69) is 6.92 Å². The SMILES string of the molecule is CCC1CC(=O)C=C2CCC3C(=C21)CCC1CCCC13. The van der Waals surface area contributed by atoms with E-state index >= 15 is 0 Å². The Kier molecular flexibility index (Phi) is 3.12. The molecule has 4 aliphatic rings. The fraction of sp³-hybridized carbons (Fsp3) is 0.737. The third-order valence-corrected chi connectivity index (χ3v) is 6.57. The molecule has 2 saturated carbocycles. The van der Waals surface area contributed by atoms with E-state index in [1.165, 1.54) is 50.5 Å². The fourth-order valence-corrected chi connectivity index (χ4v) is 5.73. The smallest absolute Gasteiger partial charge is 0.156 e. The van der Waals surface area contributed by atoms with Crippen LogP contribution < -0.4 is 0 Å². The lowest BCUT2D eigenvalue weighted by Crippen LogP contribution is -2.33. The first-order valence-corrected chi connectivity index (χ1v) is 8.74. The summed E-state index contributed by atoms with van der Waals surface area (Å²) >= 11 is 0. The molecule has 4 atom stereocenters. The molecule has 0 aromatic carbocycles. The first-order valence-electron chi connectivity index (χ1n) is 8.74. The lowest BCUT2D eigenvalue weighted by molar-refractivity contribution is -0.115. The zero-order valence-corrected chi connectivity index (χ0v) is 12.7. The Balaban J connectivity index is 1.77. The highest BCUT2D eigenvalue weighted by Gasteiger charge is 2.43. The molecule has 0 N–H and O–H groups in total. The molecular weight excluding hydrogens is 244 g/mol. The Morgan fingerprint density at radius 1 is 1.15 bits per heavy atom. The first kappa shape index (κ1) is 12.9. The number of rotatable bonds is 1. The summed E-state index contributed by atoms with van der Waals surface area (Å²) in [5.74, 6) is 3.82. The molecule has 0 aromatic heterocycles. The highest BCUT2D eigenvalue weighted by atomic mass is 16.1. The van der Waals surface area contributed by atoms with Crippen LogP contribution in [0, 0.1) is 23.7 Å². The van der Waals surface area contributed by atoms with Crippen LogP contribution in [0.5, 0.6) is 0 Å². The van der Waals surface area contributed by atoms with Gasteiger partial charge in [-0.1, -0.05) is 25.3 Å². The first-order chi connectivity index (χ1) is 9.78. The molecule has 0 aliphatic heterocycles. The fourth-order valence-electron chi connectivity index (χ4n) is 5.73. The van der Waals surface area contributed by atoms with Gasteiger partial charge in [-0.05, 0) is 79.4 Å². The molecule has 4 rings (SSSR count). The number of hydrogen-bond acceptors (Lipinski definition) is 1. The van der Waals surface area contributed by atoms with Crippen molar-refractivity contribution in [1.29, 1.82) is 0 Å². The summed E-state index contributed by atoms with van der Waals surface area (Å²) in [6.07, 6.45) is 13.6. The third-order valence-electron chi connectivity index (χ3n) is 6.57. The van der Waals surface area contributed by atoms with Gasteiger partial charge in [-0.2, -0.15) is 0 Å². The van der Waals surface area contributed by atoms with Crippen LogP contribution in [0.25, 0.3) is 0 Å². The molecule has 1 heteroatoms. The summed E-state index contributed by atoms with van der Waals surface area (Å²) in [6.45, 7) is 2.26. The molecule has 4 aliphatic carbocycles. The number of allylic oxidation sites excluding steroid dienone is 4. The monoisotopic (exact) mass is 270 g/mol. The van der Waals surface area contributed by atoms with Gasteiger partial charge in [0, 0.05) is 6.42 Å². The summed E-state index contributed by atoms with van der Waals surface area (Å²) in [6, 6.07) is 0. The van der Waals surface area contributed by atoms with Gasteiger partial charge >= 0.3 is 0 Å². The molecule has 2 fully saturated rings. The zero-order chi connectivity index (χ0) is 13.7. The van der Waals surface area contributed by atoms with E-state index in [0.717, 1.165) is 30.6 Å². The topological polar surface area (TPSA) is 17.1 Å². The van der Waals surface area contributed by atoms with Crippen LogP contribution in [0.15, 0.2) is 22.8 Å². The minimum absolute atomic E-state index is 0.379. The molecule has 0 heterocycles. The van der Waals surface area contributed by atoms with Gasteiger partial charge in [-0.3, -0.25) is 4.79 Å². The van der Waals surface area contributed by atoms with E-state index in [9.17, 15) is 4.79 Å². The number of carbonyl (C=O) groups excluding carboxylic acids is 1. The highest BCUT2D eigenvalue weighted by molar-refractivity contribution is 5.93. The Hall–Kier alpha value is -0.850. The molecule has 0 spiro atoms. The van der Waals surface area contributed by atoms with Crippen LogP contribution in [-0.2, 0) is 4.79 Å². The van der Waals surface area contributed by atoms with Crippen molar-refractivity contribution in [3.05, 3.63) is 22.8 Å². The Labute approximate surface area is 122 Å². The van der Waals surface area contributed by atoms with Gasteiger partial charge < -0.3 is 0 Å². The minimum atomic E-state index is 0.379. The van der Waals surface area contributed by atoms with Crippen LogP contribution in [0.2, 0.25) is 0 Å². The molecule has 0 aromatic rings. The van der Waals surface area contributed by atoms with Crippen molar-refractivity contribution in [2.75, 3.05) is 0 Å². The summed E-state index contributed by atoms with van der Waals surface area (Å²) in [5.41, 5.74) is 4.88. The predicted octanol–water partition coefficient (Wildman–Crippen LogP) is 4.83. The summed E-state index contributed by atoms with van der Waals surface area (Å²) < 4.78 is 0. The normalized spacial score (nSPS) is 40.0. The van der Waals surface area contributed by atoms with E-state index in [4.69, 9.17) is 0 Å². The minimum Gasteiger partial charge on any atom is -0.295 e. The van der Waals surface area contributed by atoms with E-state index in [-0.39, 0.29) is 0 Å². The number of ketones is 1. The maximum atomic E-state index is 11.9. The van der Waals surface area contributed by atoms with Gasteiger partial charge in [-0.15, -0.1) is 0 Å². The van der Waals surface area contributed by atoms with Crippen molar-refractivity contribution in [1.82, 2.24) is 0 Å². The van der Waals surface area contributed by atoms with E-state index < -0.39 is 0 Å². The van der Waals surface area contributed by atoms with Gasteiger partial charge in [0.05, 0.1) is 0 Å². The van der Waals surface area contributed by atoms with Crippen molar-refractivity contribution in [2.24, 2.45) is 23.7 Å². The second-order valence-electron chi connectivity index (χ2n) is 7.42. The Morgan fingerprint density at radius 2 is 2.05 bits per heavy atom. The van der Waals surface area contributed by atoms with Crippen molar-refractivity contribution in [3.8, 4) is 0 Å². The zero-order valence-electron chi connectivity index (χ0n) is 12.7. The summed E-state index contributed by atoms with van der Waals surface area (Å²) in [5, 5.41) is 0. The van der Waals surface area contributed by atoms with Crippen molar-refractivity contribution in [3.63, 3.8) is 0 Å². The second kappa shape index (κ2) is 4.86. The largest absolute Gasteiger partial charge is 0.295 e. The summed E-state index contributed by atoms with van der Waals surface area (Å²) in [4.78, 5) is 11.9. The molecule has 0 amide bonds. The molecule has 0 saturated heterocycles. The lowest BCUT2D eigenvalue weighted by atomic mass is 9.61. The highest BCUT2D eigenvalue weighted by Crippen LogP contribution is 2.55. The maximum absolute atomic E-state index is 11.9. The predicted molar refractivity (Wildman–Crippen MR) is 81.3 cm³/mol. The molecular formula is C19H26O. The van der Waals surface area contributed by atoms with E-state index in [1.54, 1.807) is 11.1 Å². The van der Waals surface area contributed by atoms with Gasteiger partial charge in [0.2, 0.25) is 0 Å². The van der Waals surface area contributed by atoms with Crippen LogP contribution in [0.1, 0.15) is 64.7 Å². The second-order valence-corrected chi connectivity index (χ2v) is 7.42. The van der Waals surface area contributed by atoms with E-state index in [1.807, 2.05) is 6.08 Å². The molecule has 4 unspecified atom stereocenters. The van der Waals surface area contributed by atoms with Gasteiger partial charge in [-0.25, -0.2) is 0 Å². The molecule has 20 heavy (non-hydrogen) atoms. The van der Waals surface area contributed by atoms with Gasteiger partial charge in [0.15, 0.2) is 5.78 Å². The molecule has 0 radical (unpaired) electrons. The van der Waals surface area contributed by atoms with Crippen molar-refractivity contribution < 1.29 is 4.79 Å². The Morgan fingerprint density at radius 3 is 2.90 bits per heavy atom. The average Bonchev–Trinajstić information content (AvgIpc) is 2.94. The van der Waals surface area contributed by atoms with Crippen molar-refractivity contribution in [2.45, 2.75) is 64.7 Å². The van der Waals surface area contributed by atoms with Gasteiger partial charge in [0.25, 0.3) is 0 Å². The van der Waals surface area contributed by atoms with Crippen LogP contribution >= 0.6 is 0 Å². The standard InChI is InChI=1S/C19H26O/c1-2-12-10-15(20)11-14-7-8-17-16-5-3-4-13(16)6-9-18(17)19(12)14/h11-13,16-17H,2-10H2,1H3. The van der Waals surface area contributed by atoms with Crippen LogP contribution in [0.4, 0.5) is 0 Å². The molecule has 1 nitrogen and oxygen atoms in total. The Bertz CT molecular complexity index is 496. The van der Waals surface area contributed by atoms with Crippen LogP contribution in [-0.4, -0.2) is 5.78 Å². The van der Waals surface area contributed by atoms with Crippen molar-refractivity contribution >= 4 is 5.78 Å². The number of carbonyl (C=O) groups is 1. The lowest BCUT2D eigenvalue weighted by Gasteiger charge is -2.43. The molecule has 108 valence electrons. The number of fused-ring (bicyclic) bond motifs is 4. The molecule has 0 bridgehead atoms. The average molecular weight is 270 g/mol. The maximum Gasteiger partial charge on any atom is 0.156 e. The summed E-state index contributed by atoms with van der Waals surface area (Å²) in [7, 11) is 0. The van der Waals surface area contributed by atoms with Crippen LogP contribution in [0.3, 0.4) is 0 Å². The van der Waals surface area contributed by atoms with E-state index in [0.29, 0.717) is 11.7 Å².